The third-order valence-corrected chi connectivity index (χ3v) is 3.07. The Morgan fingerprint density at radius 2 is 1.82 bits per heavy atom. The van der Waals surface area contributed by atoms with Crippen LogP contribution in [0.3, 0.4) is 0 Å². The van der Waals surface area contributed by atoms with Crippen LogP contribution in [0.4, 0.5) is 13.2 Å². The molecule has 0 unspecified atom stereocenters. The van der Waals surface area contributed by atoms with Gasteiger partial charge in [0, 0.05) is 6.42 Å². The maximum absolute atomic E-state index is 12.6. The molecule has 0 saturated carbocycles. The average Bonchev–Trinajstić information content (AvgIpc) is 2.45. The summed E-state index contributed by atoms with van der Waals surface area (Å²) in [5.74, 6) is -2.62. The number of hydrogen-bond donors (Lipinski definition) is 2. The molecule has 8 heteroatoms. The third-order valence-electron chi connectivity index (χ3n) is 3.07. The summed E-state index contributed by atoms with van der Waals surface area (Å²) in [6.45, 7) is 0.319. The van der Waals surface area contributed by atoms with E-state index in [9.17, 15) is 27.9 Å². The van der Waals surface area contributed by atoms with Gasteiger partial charge in [0.1, 0.15) is 6.04 Å². The van der Waals surface area contributed by atoms with Crippen LogP contribution in [0.15, 0.2) is 30.3 Å². The zero-order valence-corrected chi connectivity index (χ0v) is 12.0. The van der Waals surface area contributed by atoms with E-state index in [2.05, 4.69) is 4.74 Å². The molecule has 0 aliphatic carbocycles. The van der Waals surface area contributed by atoms with Gasteiger partial charge in [-0.25, -0.2) is 4.79 Å². The minimum atomic E-state index is -5.16. The fourth-order valence-corrected chi connectivity index (χ4v) is 1.61. The fourth-order valence-electron chi connectivity index (χ4n) is 1.61. The van der Waals surface area contributed by atoms with Crippen molar-refractivity contribution in [3.8, 4) is 0 Å². The first-order chi connectivity index (χ1) is 10.1. The second-order valence-corrected chi connectivity index (χ2v) is 4.81. The lowest BCUT2D eigenvalue weighted by molar-refractivity contribution is -0.245. The van der Waals surface area contributed by atoms with Crippen molar-refractivity contribution in [1.29, 1.82) is 0 Å². The lowest BCUT2D eigenvalue weighted by Crippen LogP contribution is -2.58. The van der Waals surface area contributed by atoms with Gasteiger partial charge < -0.3 is 15.2 Å². The Kier molecular flexibility index (Phi) is 5.54. The summed E-state index contributed by atoms with van der Waals surface area (Å²) in [7, 11) is 1.05. The van der Waals surface area contributed by atoms with Crippen molar-refractivity contribution in [1.82, 2.24) is 5.32 Å². The van der Waals surface area contributed by atoms with E-state index in [-0.39, 0.29) is 6.42 Å². The molecule has 0 aromatic heterocycles. The van der Waals surface area contributed by atoms with Crippen molar-refractivity contribution in [2.75, 3.05) is 7.11 Å². The predicted octanol–water partition coefficient (Wildman–Crippen LogP) is 1.20. The summed E-state index contributed by atoms with van der Waals surface area (Å²) in [6, 6.07) is 7.03. The second kappa shape index (κ2) is 6.78. The largest absolute Gasteiger partial charge is 0.467 e. The highest BCUT2D eigenvalue weighted by molar-refractivity contribution is 5.90. The number of halogens is 3. The molecule has 1 aromatic carbocycles. The molecule has 0 fully saturated rings. The normalized spacial score (nSPS) is 15.5. The van der Waals surface area contributed by atoms with Crippen LogP contribution in [0.2, 0.25) is 0 Å². The predicted molar refractivity (Wildman–Crippen MR) is 70.8 cm³/mol. The topological polar surface area (TPSA) is 75.6 Å². The van der Waals surface area contributed by atoms with Crippen LogP contribution in [-0.2, 0) is 20.7 Å². The van der Waals surface area contributed by atoms with Gasteiger partial charge in [-0.1, -0.05) is 30.3 Å². The zero-order valence-electron chi connectivity index (χ0n) is 12.0. The molecule has 1 aromatic rings. The number of aliphatic hydroxyl groups is 1. The monoisotopic (exact) mass is 319 g/mol. The smallest absolute Gasteiger partial charge is 0.426 e. The van der Waals surface area contributed by atoms with E-state index in [1.807, 2.05) is 5.32 Å². The SMILES string of the molecule is COC(=O)[C@H](Cc1ccccc1)NC(=O)[C@@](C)(O)C(F)(F)F. The number of esters is 1. The summed E-state index contributed by atoms with van der Waals surface area (Å²) in [5.41, 5.74) is -2.99. The maximum atomic E-state index is 12.6. The molecule has 0 heterocycles. The van der Waals surface area contributed by atoms with Crippen molar-refractivity contribution < 1.29 is 32.6 Å². The van der Waals surface area contributed by atoms with E-state index in [0.29, 0.717) is 12.5 Å². The van der Waals surface area contributed by atoms with Crippen LogP contribution in [0, 0.1) is 0 Å². The van der Waals surface area contributed by atoms with Gasteiger partial charge in [-0.3, -0.25) is 4.79 Å². The highest BCUT2D eigenvalue weighted by atomic mass is 19.4. The summed E-state index contributed by atoms with van der Waals surface area (Å²) in [5, 5.41) is 11.2. The Morgan fingerprint density at radius 1 is 1.27 bits per heavy atom. The van der Waals surface area contributed by atoms with Crippen molar-refractivity contribution >= 4 is 11.9 Å². The van der Waals surface area contributed by atoms with E-state index in [4.69, 9.17) is 0 Å². The van der Waals surface area contributed by atoms with E-state index in [1.165, 1.54) is 0 Å². The molecule has 122 valence electrons. The lowest BCUT2D eigenvalue weighted by atomic mass is 10.0. The Labute approximate surface area is 125 Å². The van der Waals surface area contributed by atoms with Crippen molar-refractivity contribution in [2.24, 2.45) is 0 Å². The van der Waals surface area contributed by atoms with Crippen molar-refractivity contribution in [2.45, 2.75) is 31.2 Å². The molecule has 0 radical (unpaired) electrons. The van der Waals surface area contributed by atoms with Crippen LogP contribution in [0.5, 0.6) is 0 Å². The number of amides is 1. The quantitative estimate of drug-likeness (QED) is 0.800. The lowest BCUT2D eigenvalue weighted by Gasteiger charge is -2.27. The molecule has 0 saturated heterocycles. The second-order valence-electron chi connectivity index (χ2n) is 4.81. The number of rotatable bonds is 5. The van der Waals surface area contributed by atoms with Crippen LogP contribution < -0.4 is 5.32 Å². The molecule has 0 bridgehead atoms. The number of methoxy groups -OCH3 is 1. The molecule has 5 nitrogen and oxygen atoms in total. The molecule has 0 aliphatic rings. The van der Waals surface area contributed by atoms with E-state index < -0.39 is 29.7 Å². The molecule has 1 rings (SSSR count). The van der Waals surface area contributed by atoms with Crippen molar-refractivity contribution in [3.63, 3.8) is 0 Å². The van der Waals surface area contributed by atoms with Crippen LogP contribution in [0.1, 0.15) is 12.5 Å². The summed E-state index contributed by atoms with van der Waals surface area (Å²) >= 11 is 0. The zero-order chi connectivity index (χ0) is 17.0. The van der Waals surface area contributed by atoms with Crippen LogP contribution in [0.25, 0.3) is 0 Å². The Bertz CT molecular complexity index is 529. The first kappa shape index (κ1) is 18.0. The molecule has 0 aliphatic heterocycles. The minimum Gasteiger partial charge on any atom is -0.467 e. The average molecular weight is 319 g/mol. The van der Waals surface area contributed by atoms with Crippen LogP contribution >= 0.6 is 0 Å². The van der Waals surface area contributed by atoms with E-state index >= 15 is 0 Å². The number of carbonyl (C=O) groups excluding carboxylic acids is 2. The summed E-state index contributed by atoms with van der Waals surface area (Å²) in [6.07, 6.45) is -5.22. The number of nitrogens with one attached hydrogen (secondary N) is 1. The first-order valence-corrected chi connectivity index (χ1v) is 6.31. The summed E-state index contributed by atoms with van der Waals surface area (Å²) in [4.78, 5) is 23.3. The minimum absolute atomic E-state index is 0.0623. The standard InChI is InChI=1S/C14H16F3NO4/c1-13(21,14(15,16)17)12(20)18-10(11(19)22-2)8-9-6-4-3-5-7-9/h3-7,10,21H,8H2,1-2H3,(H,18,20)/t10-,13+/m0/s1. The van der Waals surface area contributed by atoms with Gasteiger partial charge in [-0.2, -0.15) is 13.2 Å². The number of hydrogen-bond acceptors (Lipinski definition) is 4. The van der Waals surface area contributed by atoms with Gasteiger partial charge >= 0.3 is 12.1 Å². The molecular weight excluding hydrogens is 303 g/mol. The molecule has 0 spiro atoms. The van der Waals surface area contributed by atoms with Gasteiger partial charge in [0.2, 0.25) is 5.60 Å². The molecule has 1 amide bonds. The van der Waals surface area contributed by atoms with E-state index in [1.54, 1.807) is 30.3 Å². The maximum Gasteiger partial charge on any atom is 0.426 e. The van der Waals surface area contributed by atoms with Crippen molar-refractivity contribution in [3.05, 3.63) is 35.9 Å². The molecule has 2 N–H and O–H groups in total. The van der Waals surface area contributed by atoms with Gasteiger partial charge in [0.15, 0.2) is 0 Å². The number of ether oxygens (including phenoxy) is 1. The van der Waals surface area contributed by atoms with Crippen LogP contribution in [-0.4, -0.2) is 41.9 Å². The first-order valence-electron chi connectivity index (χ1n) is 6.31. The highest BCUT2D eigenvalue weighted by Gasteiger charge is 2.56. The Hall–Kier alpha value is -2.09. The summed E-state index contributed by atoms with van der Waals surface area (Å²) < 4.78 is 42.3. The van der Waals surface area contributed by atoms with Gasteiger partial charge in [-0.15, -0.1) is 0 Å². The highest BCUT2D eigenvalue weighted by Crippen LogP contribution is 2.30. The van der Waals surface area contributed by atoms with Gasteiger partial charge in [0.05, 0.1) is 7.11 Å². The number of alkyl halides is 3. The molecule has 2 atom stereocenters. The fraction of sp³-hybridized carbons (Fsp3) is 0.429. The third kappa shape index (κ3) is 4.20. The molecular formula is C14H16F3NO4. The van der Waals surface area contributed by atoms with Gasteiger partial charge in [0.25, 0.3) is 5.91 Å². The van der Waals surface area contributed by atoms with E-state index in [0.717, 1.165) is 7.11 Å². The Morgan fingerprint density at radius 3 is 2.27 bits per heavy atom. The molecule has 22 heavy (non-hydrogen) atoms. The Balaban J connectivity index is 2.91. The van der Waals surface area contributed by atoms with Gasteiger partial charge in [-0.05, 0) is 12.5 Å². The number of benzene rings is 1. The number of carbonyl (C=O) groups is 2.